The van der Waals surface area contributed by atoms with Crippen molar-refractivity contribution in [1.82, 2.24) is 15.1 Å². The zero-order valence-electron chi connectivity index (χ0n) is 13.8. The van der Waals surface area contributed by atoms with Crippen LogP contribution in [0, 0.1) is 5.92 Å². The summed E-state index contributed by atoms with van der Waals surface area (Å²) < 4.78 is 0. The van der Waals surface area contributed by atoms with Gasteiger partial charge < -0.3 is 9.80 Å². The van der Waals surface area contributed by atoms with Gasteiger partial charge in [-0.3, -0.25) is 4.79 Å². The van der Waals surface area contributed by atoms with Crippen LogP contribution in [0.4, 0.5) is 5.13 Å². The Morgan fingerprint density at radius 2 is 1.91 bits per heavy atom. The van der Waals surface area contributed by atoms with Crippen LogP contribution >= 0.6 is 11.3 Å². The van der Waals surface area contributed by atoms with E-state index in [2.05, 4.69) is 40.8 Å². The zero-order valence-corrected chi connectivity index (χ0v) is 14.7. The van der Waals surface area contributed by atoms with Crippen molar-refractivity contribution in [2.75, 3.05) is 31.1 Å². The highest BCUT2D eigenvalue weighted by atomic mass is 32.1. The van der Waals surface area contributed by atoms with Crippen LogP contribution in [0.25, 0.3) is 0 Å². The number of aromatic nitrogens is 2. The van der Waals surface area contributed by atoms with E-state index in [-0.39, 0.29) is 11.3 Å². The van der Waals surface area contributed by atoms with Crippen LogP contribution < -0.4 is 4.90 Å². The third-order valence-electron chi connectivity index (χ3n) is 4.60. The van der Waals surface area contributed by atoms with E-state index < -0.39 is 0 Å². The van der Waals surface area contributed by atoms with Gasteiger partial charge in [0.2, 0.25) is 11.0 Å². The predicted octanol–water partition coefficient (Wildman–Crippen LogP) is 2.67. The normalized spacial score (nSPS) is 21.0. The molecule has 0 N–H and O–H groups in total. The maximum absolute atomic E-state index is 12.4. The molecule has 1 saturated carbocycles. The summed E-state index contributed by atoms with van der Waals surface area (Å²) in [5, 5.41) is 10.5. The molecule has 122 valence electrons. The number of carbonyl (C=O) groups is 1. The van der Waals surface area contributed by atoms with Crippen molar-refractivity contribution in [3.63, 3.8) is 0 Å². The Bertz CT molecular complexity index is 530. The van der Waals surface area contributed by atoms with Crippen LogP contribution in [0.2, 0.25) is 0 Å². The fourth-order valence-electron chi connectivity index (χ4n) is 3.22. The summed E-state index contributed by atoms with van der Waals surface area (Å²) in [4.78, 5) is 16.5. The second kappa shape index (κ2) is 6.14. The Balaban J connectivity index is 1.59. The Hall–Kier alpha value is -1.17. The smallest absolute Gasteiger partial charge is 0.242 e. The first-order chi connectivity index (χ1) is 10.4. The van der Waals surface area contributed by atoms with Crippen LogP contribution in [0.1, 0.15) is 51.5 Å². The quantitative estimate of drug-likeness (QED) is 0.858. The Morgan fingerprint density at radius 1 is 1.18 bits per heavy atom. The number of hydrogen-bond donors (Lipinski definition) is 0. The van der Waals surface area contributed by atoms with Crippen LogP contribution in [0.3, 0.4) is 0 Å². The minimum atomic E-state index is 0.0181. The van der Waals surface area contributed by atoms with Gasteiger partial charge in [0.1, 0.15) is 5.01 Å². The van der Waals surface area contributed by atoms with Crippen molar-refractivity contribution in [3.05, 3.63) is 5.01 Å². The van der Waals surface area contributed by atoms with E-state index in [0.29, 0.717) is 6.54 Å². The summed E-state index contributed by atoms with van der Waals surface area (Å²) in [5.41, 5.74) is 0.0181. The lowest BCUT2D eigenvalue weighted by Gasteiger charge is -2.35. The minimum Gasteiger partial charge on any atom is -0.339 e. The molecule has 0 unspecified atom stereocenters. The average Bonchev–Trinajstić information content (AvgIpc) is 3.11. The van der Waals surface area contributed by atoms with E-state index in [0.717, 1.165) is 35.7 Å². The fourth-order valence-corrected chi connectivity index (χ4v) is 4.14. The van der Waals surface area contributed by atoms with Crippen molar-refractivity contribution >= 4 is 22.4 Å². The van der Waals surface area contributed by atoms with Gasteiger partial charge in [0, 0.05) is 25.0 Å². The number of rotatable bonds is 3. The lowest BCUT2D eigenvalue weighted by atomic mass is 9.98. The van der Waals surface area contributed by atoms with E-state index in [1.54, 1.807) is 11.3 Å². The number of carbonyl (C=O) groups excluding carboxylic acids is 1. The van der Waals surface area contributed by atoms with Crippen LogP contribution in [0.15, 0.2) is 0 Å². The topological polar surface area (TPSA) is 49.3 Å². The zero-order chi connectivity index (χ0) is 15.7. The van der Waals surface area contributed by atoms with Gasteiger partial charge in [0.15, 0.2) is 0 Å². The molecule has 0 atom stereocenters. The molecule has 0 bridgehead atoms. The largest absolute Gasteiger partial charge is 0.339 e. The number of anilines is 1. The SMILES string of the molecule is CC(C)(C)c1nnc(N2CCN(CC3CCCC3)C(=O)C2)s1. The summed E-state index contributed by atoms with van der Waals surface area (Å²) in [7, 11) is 0. The first-order valence-electron chi connectivity index (χ1n) is 8.30. The van der Waals surface area contributed by atoms with Crippen LogP contribution in [0.5, 0.6) is 0 Å². The molecule has 6 heteroatoms. The second-order valence-corrected chi connectivity index (χ2v) is 8.51. The first kappa shape index (κ1) is 15.7. The fraction of sp³-hybridized carbons (Fsp3) is 0.812. The number of amides is 1. The van der Waals surface area contributed by atoms with Gasteiger partial charge >= 0.3 is 0 Å². The minimum absolute atomic E-state index is 0.0181. The Morgan fingerprint density at radius 3 is 2.50 bits per heavy atom. The Kier molecular flexibility index (Phi) is 4.39. The highest BCUT2D eigenvalue weighted by Crippen LogP contribution is 2.31. The molecule has 1 saturated heterocycles. The molecule has 1 aromatic heterocycles. The molecular weight excluding hydrogens is 296 g/mol. The van der Waals surface area contributed by atoms with E-state index in [9.17, 15) is 4.79 Å². The number of piperazine rings is 1. The molecule has 22 heavy (non-hydrogen) atoms. The molecule has 0 radical (unpaired) electrons. The molecule has 2 fully saturated rings. The van der Waals surface area contributed by atoms with E-state index >= 15 is 0 Å². The highest BCUT2D eigenvalue weighted by molar-refractivity contribution is 7.15. The molecule has 0 aromatic carbocycles. The number of nitrogens with zero attached hydrogens (tertiary/aromatic N) is 4. The summed E-state index contributed by atoms with van der Waals surface area (Å²) in [6.45, 7) is 9.52. The van der Waals surface area contributed by atoms with E-state index in [1.165, 1.54) is 25.7 Å². The van der Waals surface area contributed by atoms with E-state index in [4.69, 9.17) is 0 Å². The van der Waals surface area contributed by atoms with Gasteiger partial charge in [-0.1, -0.05) is 44.9 Å². The van der Waals surface area contributed by atoms with Gasteiger partial charge in [-0.2, -0.15) is 0 Å². The molecule has 2 aliphatic rings. The average molecular weight is 322 g/mol. The lowest BCUT2D eigenvalue weighted by Crippen LogP contribution is -2.51. The summed E-state index contributed by atoms with van der Waals surface area (Å²) in [6, 6.07) is 0. The molecule has 1 amide bonds. The molecular formula is C16H26N4OS. The third-order valence-corrected chi connectivity index (χ3v) is 6.01. The predicted molar refractivity (Wildman–Crippen MR) is 89.4 cm³/mol. The van der Waals surface area contributed by atoms with Gasteiger partial charge in [-0.25, -0.2) is 0 Å². The van der Waals surface area contributed by atoms with Crippen LogP contribution in [-0.2, 0) is 10.2 Å². The molecule has 3 rings (SSSR count). The van der Waals surface area contributed by atoms with Crippen molar-refractivity contribution < 1.29 is 4.79 Å². The molecule has 1 aromatic rings. The monoisotopic (exact) mass is 322 g/mol. The highest BCUT2D eigenvalue weighted by Gasteiger charge is 2.29. The van der Waals surface area contributed by atoms with Gasteiger partial charge in [-0.15, -0.1) is 10.2 Å². The van der Waals surface area contributed by atoms with Gasteiger partial charge in [0.25, 0.3) is 0 Å². The second-order valence-electron chi connectivity index (χ2n) is 7.55. The van der Waals surface area contributed by atoms with Crippen molar-refractivity contribution in [2.45, 2.75) is 51.9 Å². The van der Waals surface area contributed by atoms with Gasteiger partial charge in [0.05, 0.1) is 6.54 Å². The molecule has 5 nitrogen and oxygen atoms in total. The van der Waals surface area contributed by atoms with Crippen LogP contribution in [-0.4, -0.2) is 47.2 Å². The molecule has 1 aliphatic heterocycles. The molecule has 2 heterocycles. The van der Waals surface area contributed by atoms with E-state index in [1.807, 2.05) is 0 Å². The summed E-state index contributed by atoms with van der Waals surface area (Å²) >= 11 is 1.62. The van der Waals surface area contributed by atoms with Crippen molar-refractivity contribution in [2.24, 2.45) is 5.92 Å². The standard InChI is InChI=1S/C16H26N4OS/c1-16(2,3)14-17-18-15(22-14)20-9-8-19(13(21)11-20)10-12-6-4-5-7-12/h12H,4-11H2,1-3H3. The number of hydrogen-bond acceptors (Lipinski definition) is 5. The van der Waals surface area contributed by atoms with Crippen molar-refractivity contribution in [1.29, 1.82) is 0 Å². The third kappa shape index (κ3) is 3.42. The maximum atomic E-state index is 12.4. The molecule has 0 spiro atoms. The first-order valence-corrected chi connectivity index (χ1v) is 9.12. The Labute approximate surface area is 136 Å². The lowest BCUT2D eigenvalue weighted by molar-refractivity contribution is -0.131. The maximum Gasteiger partial charge on any atom is 0.242 e. The summed E-state index contributed by atoms with van der Waals surface area (Å²) in [5.74, 6) is 0.968. The van der Waals surface area contributed by atoms with Gasteiger partial charge in [-0.05, 0) is 18.8 Å². The molecule has 1 aliphatic carbocycles. The summed E-state index contributed by atoms with van der Waals surface area (Å²) in [6.07, 6.45) is 5.25. The van der Waals surface area contributed by atoms with Crippen molar-refractivity contribution in [3.8, 4) is 0 Å².